The number of furan rings is 1. The molecule has 0 aliphatic carbocycles. The van der Waals surface area contributed by atoms with Gasteiger partial charge in [-0.15, -0.1) is 0 Å². The molecule has 1 N–H and O–H groups in total. The maximum atomic E-state index is 12.6. The summed E-state index contributed by atoms with van der Waals surface area (Å²) in [6.45, 7) is 3.73. The third-order valence-corrected chi connectivity index (χ3v) is 4.05. The van der Waals surface area contributed by atoms with Crippen molar-refractivity contribution in [3.05, 3.63) is 52.7 Å². The van der Waals surface area contributed by atoms with Crippen LogP contribution in [0.4, 0.5) is 5.88 Å². The summed E-state index contributed by atoms with van der Waals surface area (Å²) in [5.41, 5.74) is 1.52. The highest BCUT2D eigenvalue weighted by Crippen LogP contribution is 2.24. The molecular formula is C18H16N4O4. The van der Waals surface area contributed by atoms with Crippen molar-refractivity contribution in [2.24, 2.45) is 0 Å². The van der Waals surface area contributed by atoms with Gasteiger partial charge in [0, 0.05) is 11.5 Å². The van der Waals surface area contributed by atoms with Crippen molar-refractivity contribution < 1.29 is 13.7 Å². The predicted octanol–water partition coefficient (Wildman–Crippen LogP) is 2.89. The summed E-state index contributed by atoms with van der Waals surface area (Å²) in [5, 5.41) is 7.22. The highest BCUT2D eigenvalue weighted by molar-refractivity contribution is 6.01. The Hall–Kier alpha value is -3.42. The SMILES string of the molecule is CC(C)c1cc(NC(=O)Cn2cnc3c(oc4ccccc43)c2=O)on1. The van der Waals surface area contributed by atoms with E-state index in [1.807, 2.05) is 32.0 Å². The van der Waals surface area contributed by atoms with Crippen LogP contribution >= 0.6 is 0 Å². The van der Waals surface area contributed by atoms with Crippen molar-refractivity contribution >= 4 is 33.9 Å². The van der Waals surface area contributed by atoms with Crippen molar-refractivity contribution in [2.45, 2.75) is 26.3 Å². The minimum Gasteiger partial charge on any atom is -0.448 e. The zero-order valence-electron chi connectivity index (χ0n) is 14.2. The quantitative estimate of drug-likeness (QED) is 0.606. The number of amides is 1. The predicted molar refractivity (Wildman–Crippen MR) is 95.0 cm³/mol. The van der Waals surface area contributed by atoms with E-state index in [2.05, 4.69) is 15.5 Å². The first-order chi connectivity index (χ1) is 12.5. The lowest BCUT2D eigenvalue weighted by molar-refractivity contribution is -0.116. The number of para-hydroxylation sites is 1. The minimum atomic E-state index is -0.421. The van der Waals surface area contributed by atoms with Gasteiger partial charge in [0.1, 0.15) is 17.6 Å². The molecule has 0 fully saturated rings. The maximum absolute atomic E-state index is 12.6. The van der Waals surface area contributed by atoms with Crippen LogP contribution in [-0.4, -0.2) is 20.6 Å². The van der Waals surface area contributed by atoms with E-state index in [0.717, 1.165) is 11.1 Å². The third kappa shape index (κ3) is 2.75. The van der Waals surface area contributed by atoms with E-state index >= 15 is 0 Å². The molecule has 0 atom stereocenters. The topological polar surface area (TPSA) is 103 Å². The molecule has 4 rings (SSSR count). The smallest absolute Gasteiger partial charge is 0.297 e. The van der Waals surface area contributed by atoms with Crippen molar-refractivity contribution in [1.29, 1.82) is 0 Å². The van der Waals surface area contributed by atoms with E-state index in [9.17, 15) is 9.59 Å². The number of hydrogen-bond donors (Lipinski definition) is 1. The number of aromatic nitrogens is 3. The Balaban J connectivity index is 1.60. The van der Waals surface area contributed by atoms with E-state index < -0.39 is 11.5 Å². The van der Waals surface area contributed by atoms with Gasteiger partial charge >= 0.3 is 0 Å². The first kappa shape index (κ1) is 16.1. The van der Waals surface area contributed by atoms with Gasteiger partial charge < -0.3 is 8.94 Å². The average molecular weight is 352 g/mol. The molecule has 4 aromatic rings. The van der Waals surface area contributed by atoms with Crippen molar-refractivity contribution in [2.75, 3.05) is 5.32 Å². The van der Waals surface area contributed by atoms with Crippen LogP contribution in [0.25, 0.3) is 22.1 Å². The largest absolute Gasteiger partial charge is 0.448 e. The van der Waals surface area contributed by atoms with Crippen molar-refractivity contribution in [3.8, 4) is 0 Å². The van der Waals surface area contributed by atoms with Gasteiger partial charge in [0.05, 0.1) is 12.0 Å². The molecule has 0 saturated heterocycles. The van der Waals surface area contributed by atoms with Crippen molar-refractivity contribution in [3.63, 3.8) is 0 Å². The molecule has 8 heteroatoms. The fourth-order valence-corrected chi connectivity index (χ4v) is 2.68. The molecule has 0 radical (unpaired) electrons. The molecule has 1 aromatic carbocycles. The van der Waals surface area contributed by atoms with E-state index in [0.29, 0.717) is 11.1 Å². The summed E-state index contributed by atoms with van der Waals surface area (Å²) in [6, 6.07) is 8.93. The molecule has 0 aliphatic rings. The lowest BCUT2D eigenvalue weighted by Crippen LogP contribution is -2.27. The number of anilines is 1. The summed E-state index contributed by atoms with van der Waals surface area (Å²) in [7, 11) is 0. The van der Waals surface area contributed by atoms with Gasteiger partial charge in [0.2, 0.25) is 17.4 Å². The zero-order chi connectivity index (χ0) is 18.3. The molecule has 0 aliphatic heterocycles. The third-order valence-electron chi connectivity index (χ3n) is 4.05. The van der Waals surface area contributed by atoms with Crippen LogP contribution in [0, 0.1) is 0 Å². The van der Waals surface area contributed by atoms with Gasteiger partial charge in [-0.05, 0) is 18.1 Å². The Morgan fingerprint density at radius 2 is 2.12 bits per heavy atom. The second-order valence-corrected chi connectivity index (χ2v) is 6.27. The second-order valence-electron chi connectivity index (χ2n) is 6.27. The zero-order valence-corrected chi connectivity index (χ0v) is 14.2. The molecule has 0 bridgehead atoms. The highest BCUT2D eigenvalue weighted by atomic mass is 16.5. The fraction of sp³-hybridized carbons (Fsp3) is 0.222. The molecule has 0 unspecified atom stereocenters. The molecular weight excluding hydrogens is 336 g/mol. The first-order valence-electron chi connectivity index (χ1n) is 8.16. The molecule has 1 amide bonds. The lowest BCUT2D eigenvalue weighted by Gasteiger charge is -2.04. The molecule has 0 spiro atoms. The minimum absolute atomic E-state index is 0.128. The highest BCUT2D eigenvalue weighted by Gasteiger charge is 2.15. The Labute approximate surface area is 147 Å². The van der Waals surface area contributed by atoms with Crippen LogP contribution < -0.4 is 10.9 Å². The molecule has 8 nitrogen and oxygen atoms in total. The first-order valence-corrected chi connectivity index (χ1v) is 8.16. The van der Waals surface area contributed by atoms with Crippen LogP contribution in [0.15, 0.2) is 50.4 Å². The number of carbonyl (C=O) groups excluding carboxylic acids is 1. The number of benzene rings is 1. The summed E-state index contributed by atoms with van der Waals surface area (Å²) in [6.07, 6.45) is 1.34. The van der Waals surface area contributed by atoms with E-state index in [1.165, 1.54) is 10.9 Å². The molecule has 3 aromatic heterocycles. The van der Waals surface area contributed by atoms with Crippen LogP contribution in [0.1, 0.15) is 25.5 Å². The lowest BCUT2D eigenvalue weighted by atomic mass is 10.1. The number of hydrogen-bond acceptors (Lipinski definition) is 6. The molecule has 0 saturated carbocycles. The van der Waals surface area contributed by atoms with Crippen LogP contribution in [-0.2, 0) is 11.3 Å². The Morgan fingerprint density at radius 1 is 1.31 bits per heavy atom. The summed E-state index contributed by atoms with van der Waals surface area (Å²) >= 11 is 0. The normalized spacial score (nSPS) is 11.5. The maximum Gasteiger partial charge on any atom is 0.297 e. The standard InChI is InChI=1S/C18H16N4O4/c1-10(2)12-7-15(26-21-12)20-14(23)8-22-9-19-16-11-5-3-4-6-13(11)25-17(16)18(22)24/h3-7,9-10H,8H2,1-2H3,(H,20,23). The van der Waals surface area contributed by atoms with Crippen LogP contribution in [0.2, 0.25) is 0 Å². The van der Waals surface area contributed by atoms with E-state index in [4.69, 9.17) is 8.94 Å². The van der Waals surface area contributed by atoms with Gasteiger partial charge in [-0.1, -0.05) is 31.1 Å². The molecule has 132 valence electrons. The van der Waals surface area contributed by atoms with Gasteiger partial charge in [0.25, 0.3) is 5.56 Å². The average Bonchev–Trinajstić information content (AvgIpc) is 3.22. The van der Waals surface area contributed by atoms with Crippen molar-refractivity contribution in [1.82, 2.24) is 14.7 Å². The Kier molecular flexibility index (Phi) is 3.80. The van der Waals surface area contributed by atoms with Crippen LogP contribution in [0.3, 0.4) is 0 Å². The number of carbonyl (C=O) groups is 1. The van der Waals surface area contributed by atoms with Gasteiger partial charge in [-0.2, -0.15) is 0 Å². The van der Waals surface area contributed by atoms with Crippen LogP contribution in [0.5, 0.6) is 0 Å². The van der Waals surface area contributed by atoms with Gasteiger partial charge in [-0.25, -0.2) is 4.98 Å². The number of fused-ring (bicyclic) bond motifs is 3. The van der Waals surface area contributed by atoms with E-state index in [-0.39, 0.29) is 23.9 Å². The summed E-state index contributed by atoms with van der Waals surface area (Å²) in [5.74, 6) is 0.00653. The summed E-state index contributed by atoms with van der Waals surface area (Å²) < 4.78 is 11.9. The molecule has 3 heterocycles. The second kappa shape index (κ2) is 6.14. The number of rotatable bonds is 4. The number of nitrogens with zero attached hydrogens (tertiary/aromatic N) is 3. The van der Waals surface area contributed by atoms with Gasteiger partial charge in [-0.3, -0.25) is 19.5 Å². The van der Waals surface area contributed by atoms with Gasteiger partial charge in [0.15, 0.2) is 0 Å². The summed E-state index contributed by atoms with van der Waals surface area (Å²) in [4.78, 5) is 29.1. The Bertz CT molecular complexity index is 1170. The molecule has 26 heavy (non-hydrogen) atoms. The van der Waals surface area contributed by atoms with E-state index in [1.54, 1.807) is 12.1 Å². The monoisotopic (exact) mass is 352 g/mol. The number of nitrogens with one attached hydrogen (secondary N) is 1. The Morgan fingerprint density at radius 3 is 2.88 bits per heavy atom. The fourth-order valence-electron chi connectivity index (χ4n) is 2.68.